The van der Waals surface area contributed by atoms with Gasteiger partial charge in [-0.2, -0.15) is 0 Å². The van der Waals surface area contributed by atoms with Gasteiger partial charge in [0.15, 0.2) is 5.71 Å². The van der Waals surface area contributed by atoms with Crippen LogP contribution in [0.25, 0.3) is 0 Å². The molecule has 0 rings (SSSR count). The van der Waals surface area contributed by atoms with Crippen molar-refractivity contribution in [3.63, 3.8) is 0 Å². The van der Waals surface area contributed by atoms with E-state index in [1.165, 1.54) is 0 Å². The molecule has 0 saturated carbocycles. The van der Waals surface area contributed by atoms with Crippen LogP contribution in [0.5, 0.6) is 0 Å². The van der Waals surface area contributed by atoms with Crippen LogP contribution < -0.4 is 0 Å². The van der Waals surface area contributed by atoms with Gasteiger partial charge in [0.05, 0.1) is 13.0 Å². The van der Waals surface area contributed by atoms with Crippen molar-refractivity contribution in [1.29, 1.82) is 0 Å². The summed E-state index contributed by atoms with van der Waals surface area (Å²) in [6.45, 7) is 5.63. The van der Waals surface area contributed by atoms with Gasteiger partial charge in [-0.15, -0.1) is 0 Å². The first kappa shape index (κ1) is 13.6. The molecule has 1 N–H and O–H groups in total. The second-order valence-electron chi connectivity index (χ2n) is 3.58. The summed E-state index contributed by atoms with van der Waals surface area (Å²) in [4.78, 5) is 22.5. The average Bonchev–Trinajstić information content (AvgIpc) is 2.13. The van der Waals surface area contributed by atoms with Crippen LogP contribution in [0.15, 0.2) is 5.16 Å². The van der Waals surface area contributed by atoms with Crippen molar-refractivity contribution in [1.82, 2.24) is 0 Å². The molecule has 0 aromatic carbocycles. The maximum atomic E-state index is 11.3. The van der Waals surface area contributed by atoms with Crippen molar-refractivity contribution in [2.75, 3.05) is 6.61 Å². The van der Waals surface area contributed by atoms with E-state index in [0.29, 0.717) is 6.42 Å². The van der Waals surface area contributed by atoms with E-state index in [1.54, 1.807) is 6.92 Å². The number of ketones is 1. The van der Waals surface area contributed by atoms with Gasteiger partial charge in [0.25, 0.3) is 0 Å². The van der Waals surface area contributed by atoms with Gasteiger partial charge in [0, 0.05) is 6.42 Å². The molecule has 86 valence electrons. The zero-order chi connectivity index (χ0) is 11.8. The molecule has 0 bridgehead atoms. The number of hydrogen-bond acceptors (Lipinski definition) is 5. The van der Waals surface area contributed by atoms with Crippen molar-refractivity contribution >= 4 is 17.5 Å². The van der Waals surface area contributed by atoms with E-state index in [4.69, 9.17) is 5.21 Å². The third-order valence-corrected chi connectivity index (χ3v) is 1.63. The highest BCUT2D eigenvalue weighted by atomic mass is 16.5. The zero-order valence-electron chi connectivity index (χ0n) is 9.32. The highest BCUT2D eigenvalue weighted by Gasteiger charge is 2.18. The largest absolute Gasteiger partial charge is 0.461 e. The summed E-state index contributed by atoms with van der Waals surface area (Å²) in [5.41, 5.74) is -0.234. The molecular weight excluding hydrogens is 198 g/mol. The SMILES string of the molecule is CCOC(=O)/C(CC(=O)CC(C)C)=N\O. The topological polar surface area (TPSA) is 76.0 Å². The highest BCUT2D eigenvalue weighted by Crippen LogP contribution is 2.04. The first-order valence-electron chi connectivity index (χ1n) is 4.91. The molecule has 0 heterocycles. The Morgan fingerprint density at radius 2 is 2.00 bits per heavy atom. The summed E-state index contributed by atoms with van der Waals surface area (Å²) >= 11 is 0. The fourth-order valence-electron chi connectivity index (χ4n) is 1.08. The number of carbonyl (C=O) groups excluding carboxylic acids is 2. The molecule has 5 nitrogen and oxygen atoms in total. The average molecular weight is 215 g/mol. The number of esters is 1. The summed E-state index contributed by atoms with van der Waals surface area (Å²) in [5, 5.41) is 11.3. The lowest BCUT2D eigenvalue weighted by Crippen LogP contribution is -2.21. The number of Topliss-reactive ketones (excluding diaryl/α,β-unsaturated/α-hetero) is 1. The fraction of sp³-hybridized carbons (Fsp3) is 0.700. The smallest absolute Gasteiger partial charge is 0.356 e. The van der Waals surface area contributed by atoms with Gasteiger partial charge < -0.3 is 9.94 Å². The summed E-state index contributed by atoms with van der Waals surface area (Å²) in [6, 6.07) is 0. The van der Waals surface area contributed by atoms with Crippen LogP contribution in [-0.4, -0.2) is 29.3 Å². The molecule has 0 aromatic heterocycles. The Morgan fingerprint density at radius 1 is 1.40 bits per heavy atom. The van der Waals surface area contributed by atoms with E-state index in [-0.39, 0.29) is 30.4 Å². The van der Waals surface area contributed by atoms with E-state index < -0.39 is 5.97 Å². The van der Waals surface area contributed by atoms with Gasteiger partial charge in [0.1, 0.15) is 5.78 Å². The Kier molecular flexibility index (Phi) is 6.33. The van der Waals surface area contributed by atoms with Gasteiger partial charge in [-0.3, -0.25) is 4.79 Å². The van der Waals surface area contributed by atoms with Crippen LogP contribution in [0.1, 0.15) is 33.6 Å². The summed E-state index contributed by atoms with van der Waals surface area (Å²) in [5.74, 6) is -0.650. The number of ether oxygens (including phenoxy) is 1. The number of rotatable bonds is 6. The molecule has 0 unspecified atom stereocenters. The summed E-state index contributed by atoms with van der Waals surface area (Å²) in [6.07, 6.45) is 0.186. The van der Waals surface area contributed by atoms with Gasteiger partial charge in [-0.05, 0) is 12.8 Å². The molecule has 0 aliphatic carbocycles. The quantitative estimate of drug-likeness (QED) is 0.314. The normalized spacial score (nSPS) is 11.6. The second kappa shape index (κ2) is 6.98. The molecule has 0 aromatic rings. The van der Waals surface area contributed by atoms with E-state index >= 15 is 0 Å². The Bertz CT molecular complexity index is 258. The highest BCUT2D eigenvalue weighted by molar-refractivity contribution is 6.39. The molecule has 15 heavy (non-hydrogen) atoms. The summed E-state index contributed by atoms with van der Waals surface area (Å²) in [7, 11) is 0. The van der Waals surface area contributed by atoms with E-state index in [1.807, 2.05) is 13.8 Å². The minimum absolute atomic E-state index is 0.133. The lowest BCUT2D eigenvalue weighted by atomic mass is 10.0. The molecule has 0 spiro atoms. The minimum Gasteiger partial charge on any atom is -0.461 e. The van der Waals surface area contributed by atoms with Crippen LogP contribution >= 0.6 is 0 Å². The lowest BCUT2D eigenvalue weighted by molar-refractivity contribution is -0.135. The number of nitrogens with zero attached hydrogens (tertiary/aromatic N) is 1. The minimum atomic E-state index is -0.739. The second-order valence-corrected chi connectivity index (χ2v) is 3.58. The Morgan fingerprint density at radius 3 is 2.40 bits per heavy atom. The molecule has 0 aliphatic rings. The fourth-order valence-corrected chi connectivity index (χ4v) is 1.08. The number of oxime groups is 1. The van der Waals surface area contributed by atoms with Gasteiger partial charge >= 0.3 is 5.97 Å². The maximum absolute atomic E-state index is 11.3. The molecule has 0 atom stereocenters. The van der Waals surface area contributed by atoms with Crippen LogP contribution in [0.2, 0.25) is 0 Å². The van der Waals surface area contributed by atoms with Crippen LogP contribution in [-0.2, 0) is 14.3 Å². The lowest BCUT2D eigenvalue weighted by Gasteiger charge is -2.05. The predicted octanol–water partition coefficient (Wildman–Crippen LogP) is 1.39. The van der Waals surface area contributed by atoms with Gasteiger partial charge in [0.2, 0.25) is 0 Å². The first-order valence-corrected chi connectivity index (χ1v) is 4.91. The Hall–Kier alpha value is -1.39. The van der Waals surface area contributed by atoms with Crippen molar-refractivity contribution in [3.05, 3.63) is 0 Å². The molecule has 0 aliphatic heterocycles. The van der Waals surface area contributed by atoms with Crippen molar-refractivity contribution in [2.45, 2.75) is 33.6 Å². The standard InChI is InChI=1S/C10H17NO4/c1-4-15-10(13)9(11-14)6-8(12)5-7(2)3/h7,14H,4-6H2,1-3H3/b11-9-. The molecule has 0 radical (unpaired) electrons. The third kappa shape index (κ3) is 5.83. The Labute approximate surface area is 89.1 Å². The van der Waals surface area contributed by atoms with Crippen LogP contribution in [0.3, 0.4) is 0 Å². The molecular formula is C10H17NO4. The third-order valence-electron chi connectivity index (χ3n) is 1.63. The Balaban J connectivity index is 4.23. The van der Waals surface area contributed by atoms with E-state index in [9.17, 15) is 9.59 Å². The van der Waals surface area contributed by atoms with E-state index in [2.05, 4.69) is 9.89 Å². The molecule has 0 saturated heterocycles. The van der Waals surface area contributed by atoms with Crippen molar-refractivity contribution in [3.8, 4) is 0 Å². The van der Waals surface area contributed by atoms with E-state index in [0.717, 1.165) is 0 Å². The van der Waals surface area contributed by atoms with Crippen molar-refractivity contribution in [2.24, 2.45) is 11.1 Å². The number of hydrogen-bond donors (Lipinski definition) is 1. The predicted molar refractivity (Wildman–Crippen MR) is 54.9 cm³/mol. The van der Waals surface area contributed by atoms with Crippen LogP contribution in [0.4, 0.5) is 0 Å². The first-order chi connectivity index (χ1) is 7.01. The molecule has 0 fully saturated rings. The maximum Gasteiger partial charge on any atom is 0.356 e. The van der Waals surface area contributed by atoms with Crippen LogP contribution in [0, 0.1) is 5.92 Å². The molecule has 0 amide bonds. The van der Waals surface area contributed by atoms with Gasteiger partial charge in [-0.1, -0.05) is 19.0 Å². The van der Waals surface area contributed by atoms with Gasteiger partial charge in [-0.25, -0.2) is 4.79 Å². The number of carbonyl (C=O) groups is 2. The van der Waals surface area contributed by atoms with Crippen molar-refractivity contribution < 1.29 is 19.5 Å². The monoisotopic (exact) mass is 215 g/mol. The summed E-state index contributed by atoms with van der Waals surface area (Å²) < 4.78 is 4.62. The molecule has 5 heteroatoms. The zero-order valence-corrected chi connectivity index (χ0v) is 9.32.